The molecule has 1 atom stereocenters. The Morgan fingerprint density at radius 1 is 1.38 bits per heavy atom. The third kappa shape index (κ3) is 4.64. The van der Waals surface area contributed by atoms with Crippen LogP contribution in [0.15, 0.2) is 24.3 Å². The molecular formula is C18H23N5O2S. The standard InChI is InChI=1S/C18H23N5O2S/c1-2-15-21-22-18(26-15)20-17(25)13-6-3-5-12(9-13)10-23-8-4-7-14(11-23)16(19)24/h3,5-6,9,14H,2,4,7-8,10-11H2,1H3,(H2,19,24)(H,20,22,25). The van der Waals surface area contributed by atoms with Crippen LogP contribution >= 0.6 is 11.3 Å². The van der Waals surface area contributed by atoms with Crippen LogP contribution in [-0.2, 0) is 17.8 Å². The van der Waals surface area contributed by atoms with Gasteiger partial charge in [-0.05, 0) is 43.5 Å². The second kappa shape index (κ2) is 8.37. The van der Waals surface area contributed by atoms with Crippen LogP contribution in [0.4, 0.5) is 5.13 Å². The molecule has 1 aliphatic heterocycles. The van der Waals surface area contributed by atoms with Gasteiger partial charge >= 0.3 is 0 Å². The van der Waals surface area contributed by atoms with E-state index in [1.165, 1.54) is 11.3 Å². The van der Waals surface area contributed by atoms with Gasteiger partial charge in [0.05, 0.1) is 5.92 Å². The lowest BCUT2D eigenvalue weighted by Gasteiger charge is -2.31. The minimum atomic E-state index is -0.230. The fourth-order valence-corrected chi connectivity index (χ4v) is 3.79. The summed E-state index contributed by atoms with van der Waals surface area (Å²) in [4.78, 5) is 26.1. The summed E-state index contributed by atoms with van der Waals surface area (Å²) in [7, 11) is 0. The van der Waals surface area contributed by atoms with E-state index in [2.05, 4.69) is 20.4 Å². The predicted molar refractivity (Wildman–Crippen MR) is 101 cm³/mol. The van der Waals surface area contributed by atoms with E-state index in [0.29, 0.717) is 23.8 Å². The molecule has 0 aliphatic carbocycles. The maximum Gasteiger partial charge on any atom is 0.257 e. The molecule has 8 heteroatoms. The first-order chi connectivity index (χ1) is 12.5. The summed E-state index contributed by atoms with van der Waals surface area (Å²) in [6.45, 7) is 4.31. The highest BCUT2D eigenvalue weighted by atomic mass is 32.1. The Balaban J connectivity index is 1.64. The molecular weight excluding hydrogens is 350 g/mol. The summed E-state index contributed by atoms with van der Waals surface area (Å²) in [5.74, 6) is -0.508. The molecule has 1 aromatic carbocycles. The maximum absolute atomic E-state index is 12.5. The highest BCUT2D eigenvalue weighted by Crippen LogP contribution is 2.20. The maximum atomic E-state index is 12.5. The van der Waals surface area contributed by atoms with Crippen molar-refractivity contribution in [3.8, 4) is 0 Å². The van der Waals surface area contributed by atoms with Crippen molar-refractivity contribution in [2.45, 2.75) is 32.7 Å². The highest BCUT2D eigenvalue weighted by molar-refractivity contribution is 7.15. The van der Waals surface area contributed by atoms with Crippen LogP contribution in [0.2, 0.25) is 0 Å². The van der Waals surface area contributed by atoms with Crippen molar-refractivity contribution in [3.05, 3.63) is 40.4 Å². The van der Waals surface area contributed by atoms with Crippen molar-refractivity contribution in [1.82, 2.24) is 15.1 Å². The molecule has 0 spiro atoms. The second-order valence-electron chi connectivity index (χ2n) is 6.49. The van der Waals surface area contributed by atoms with E-state index in [0.717, 1.165) is 36.4 Å². The summed E-state index contributed by atoms with van der Waals surface area (Å²) in [5, 5.41) is 12.2. The van der Waals surface area contributed by atoms with E-state index in [4.69, 9.17) is 5.73 Å². The van der Waals surface area contributed by atoms with Crippen molar-refractivity contribution < 1.29 is 9.59 Å². The third-order valence-corrected chi connectivity index (χ3v) is 5.48. The average Bonchev–Trinajstić information content (AvgIpc) is 3.09. The lowest BCUT2D eigenvalue weighted by molar-refractivity contribution is -0.123. The SMILES string of the molecule is CCc1nnc(NC(=O)c2cccc(CN3CCCC(C(N)=O)C3)c2)s1. The van der Waals surface area contributed by atoms with Crippen LogP contribution in [0.3, 0.4) is 0 Å². The molecule has 2 amide bonds. The lowest BCUT2D eigenvalue weighted by Crippen LogP contribution is -2.40. The van der Waals surface area contributed by atoms with Crippen molar-refractivity contribution >= 4 is 28.3 Å². The number of piperidine rings is 1. The van der Waals surface area contributed by atoms with E-state index in [1.807, 2.05) is 25.1 Å². The van der Waals surface area contributed by atoms with Gasteiger partial charge in [0.25, 0.3) is 5.91 Å². The third-order valence-electron chi connectivity index (χ3n) is 4.49. The number of nitrogens with zero attached hydrogens (tertiary/aromatic N) is 3. The number of benzene rings is 1. The van der Waals surface area contributed by atoms with Gasteiger partial charge in [0.1, 0.15) is 5.01 Å². The molecule has 2 heterocycles. The quantitative estimate of drug-likeness (QED) is 0.807. The average molecular weight is 373 g/mol. The van der Waals surface area contributed by atoms with Gasteiger partial charge < -0.3 is 5.73 Å². The summed E-state index contributed by atoms with van der Waals surface area (Å²) in [6, 6.07) is 7.52. The molecule has 2 aromatic rings. The molecule has 26 heavy (non-hydrogen) atoms. The second-order valence-corrected chi connectivity index (χ2v) is 7.55. The van der Waals surface area contributed by atoms with Gasteiger partial charge in [-0.2, -0.15) is 0 Å². The van der Waals surface area contributed by atoms with Crippen LogP contribution in [0.5, 0.6) is 0 Å². The van der Waals surface area contributed by atoms with Crippen LogP contribution in [0.1, 0.15) is 40.7 Å². The molecule has 138 valence electrons. The molecule has 1 fully saturated rings. The van der Waals surface area contributed by atoms with E-state index < -0.39 is 0 Å². The number of hydrogen-bond donors (Lipinski definition) is 2. The summed E-state index contributed by atoms with van der Waals surface area (Å²) >= 11 is 1.39. The zero-order valence-corrected chi connectivity index (χ0v) is 15.6. The molecule has 3 N–H and O–H groups in total. The number of nitrogens with two attached hydrogens (primary N) is 1. The Morgan fingerprint density at radius 3 is 2.96 bits per heavy atom. The first-order valence-corrected chi connectivity index (χ1v) is 9.61. The number of anilines is 1. The molecule has 1 unspecified atom stereocenters. The van der Waals surface area contributed by atoms with E-state index in [-0.39, 0.29) is 17.7 Å². The Bertz CT molecular complexity index is 791. The smallest absolute Gasteiger partial charge is 0.257 e. The summed E-state index contributed by atoms with van der Waals surface area (Å²) in [5.41, 5.74) is 7.06. The topological polar surface area (TPSA) is 101 Å². The predicted octanol–water partition coefficient (Wildman–Crippen LogP) is 2.05. The van der Waals surface area contributed by atoms with Crippen LogP contribution in [0.25, 0.3) is 0 Å². The van der Waals surface area contributed by atoms with Gasteiger partial charge in [-0.3, -0.25) is 19.8 Å². The fourth-order valence-electron chi connectivity index (χ4n) is 3.12. The van der Waals surface area contributed by atoms with Gasteiger partial charge in [-0.25, -0.2) is 0 Å². The van der Waals surface area contributed by atoms with Crippen molar-refractivity contribution in [1.29, 1.82) is 0 Å². The number of aryl methyl sites for hydroxylation is 1. The first-order valence-electron chi connectivity index (χ1n) is 8.79. The van der Waals surface area contributed by atoms with Crippen molar-refractivity contribution in [2.75, 3.05) is 18.4 Å². The summed E-state index contributed by atoms with van der Waals surface area (Å²) < 4.78 is 0. The lowest BCUT2D eigenvalue weighted by atomic mass is 9.97. The van der Waals surface area contributed by atoms with Gasteiger partial charge in [-0.15, -0.1) is 10.2 Å². The number of carbonyl (C=O) groups is 2. The molecule has 7 nitrogen and oxygen atoms in total. The zero-order valence-electron chi connectivity index (χ0n) is 14.8. The van der Waals surface area contributed by atoms with Crippen LogP contribution in [0, 0.1) is 5.92 Å². The Kier molecular flexibility index (Phi) is 5.95. The Labute approximate surface area is 156 Å². The molecule has 3 rings (SSSR count). The van der Waals surface area contributed by atoms with Crippen LogP contribution in [-0.4, -0.2) is 40.0 Å². The van der Waals surface area contributed by atoms with Crippen molar-refractivity contribution in [2.24, 2.45) is 11.7 Å². The molecule has 0 radical (unpaired) electrons. The first kappa shape index (κ1) is 18.5. The summed E-state index contributed by atoms with van der Waals surface area (Å²) in [6.07, 6.45) is 2.62. The van der Waals surface area contributed by atoms with Crippen LogP contribution < -0.4 is 11.1 Å². The molecule has 1 aromatic heterocycles. The molecule has 1 saturated heterocycles. The number of amides is 2. The molecule has 0 saturated carbocycles. The van der Waals surface area contributed by atoms with E-state index in [1.54, 1.807) is 6.07 Å². The Hall–Kier alpha value is -2.32. The van der Waals surface area contributed by atoms with E-state index >= 15 is 0 Å². The number of primary amides is 1. The normalized spacial score (nSPS) is 17.8. The van der Waals surface area contributed by atoms with Crippen molar-refractivity contribution in [3.63, 3.8) is 0 Å². The number of carbonyl (C=O) groups excluding carboxylic acids is 2. The number of aromatic nitrogens is 2. The number of likely N-dealkylation sites (tertiary alicyclic amines) is 1. The largest absolute Gasteiger partial charge is 0.369 e. The number of nitrogens with one attached hydrogen (secondary N) is 1. The number of hydrogen-bond acceptors (Lipinski definition) is 6. The fraction of sp³-hybridized carbons (Fsp3) is 0.444. The Morgan fingerprint density at radius 2 is 2.23 bits per heavy atom. The van der Waals surface area contributed by atoms with Gasteiger partial charge in [0.15, 0.2) is 0 Å². The minimum absolute atomic E-state index is 0.0830. The minimum Gasteiger partial charge on any atom is -0.369 e. The zero-order chi connectivity index (χ0) is 18.5. The molecule has 0 bridgehead atoms. The monoisotopic (exact) mass is 373 g/mol. The molecule has 1 aliphatic rings. The van der Waals surface area contributed by atoms with Gasteiger partial charge in [-0.1, -0.05) is 30.4 Å². The van der Waals surface area contributed by atoms with Gasteiger partial charge in [0, 0.05) is 18.7 Å². The number of rotatable bonds is 6. The highest BCUT2D eigenvalue weighted by Gasteiger charge is 2.24. The van der Waals surface area contributed by atoms with Gasteiger partial charge in [0.2, 0.25) is 11.0 Å². The van der Waals surface area contributed by atoms with E-state index in [9.17, 15) is 9.59 Å².